The molecule has 0 fully saturated rings. The molecule has 0 N–H and O–H groups in total. The molecule has 0 radical (unpaired) electrons. The summed E-state index contributed by atoms with van der Waals surface area (Å²) in [5.41, 5.74) is 2.45. The molecule has 0 aliphatic rings. The average Bonchev–Trinajstić information content (AvgIpc) is 2.22. The molecule has 0 saturated heterocycles. The van der Waals surface area contributed by atoms with Crippen LogP contribution in [0.1, 0.15) is 27.7 Å². The van der Waals surface area contributed by atoms with Crippen molar-refractivity contribution in [2.24, 2.45) is 5.92 Å². The largest absolute Gasteiger partial charge is 0.119 e. The molecule has 0 aromatic rings. The van der Waals surface area contributed by atoms with E-state index in [0.717, 1.165) is 0 Å². The molecule has 0 spiro atoms. The highest BCUT2D eigenvalue weighted by atomic mass is 14.1. The Kier molecular flexibility index (Phi) is 6.63. The highest BCUT2D eigenvalue weighted by Crippen LogP contribution is 2.21. The minimum absolute atomic E-state index is 0.120. The first-order chi connectivity index (χ1) is 7.06. The summed E-state index contributed by atoms with van der Waals surface area (Å²) in [6.07, 6.45) is 14.1. The number of terminal acetylenes is 1. The van der Waals surface area contributed by atoms with Crippen molar-refractivity contribution in [2.75, 3.05) is 0 Å². The Morgan fingerprint density at radius 1 is 1.33 bits per heavy atom. The summed E-state index contributed by atoms with van der Waals surface area (Å²) in [5, 5.41) is 0. The van der Waals surface area contributed by atoms with Gasteiger partial charge in [-0.3, -0.25) is 0 Å². The van der Waals surface area contributed by atoms with E-state index in [1.807, 2.05) is 13.8 Å². The van der Waals surface area contributed by atoms with E-state index in [0.29, 0.717) is 5.82 Å². The lowest BCUT2D eigenvalue weighted by Crippen LogP contribution is -2.01. The lowest BCUT2D eigenvalue weighted by Gasteiger charge is -2.12. The van der Waals surface area contributed by atoms with Crippen LogP contribution in [0.2, 0.25) is 5.82 Å². The van der Waals surface area contributed by atoms with Crippen molar-refractivity contribution >= 4 is 7.85 Å². The molecule has 0 aromatic heterocycles. The maximum Gasteiger partial charge on any atom is 0.109 e. The number of rotatable bonds is 4. The van der Waals surface area contributed by atoms with Crippen LogP contribution in [-0.4, -0.2) is 7.85 Å². The summed E-state index contributed by atoms with van der Waals surface area (Å²) in [5.74, 6) is 3.52. The fraction of sp³-hybridized carbons (Fsp3) is 0.429. The van der Waals surface area contributed by atoms with E-state index in [1.54, 1.807) is 0 Å². The van der Waals surface area contributed by atoms with E-state index in [1.165, 1.54) is 11.1 Å². The van der Waals surface area contributed by atoms with Crippen molar-refractivity contribution in [1.29, 1.82) is 0 Å². The molecule has 80 valence electrons. The lowest BCUT2D eigenvalue weighted by atomic mass is 9.86. The van der Waals surface area contributed by atoms with Crippen LogP contribution in [-0.2, 0) is 0 Å². The summed E-state index contributed by atoms with van der Waals surface area (Å²) in [6, 6.07) is 0. The highest BCUT2D eigenvalue weighted by Gasteiger charge is 2.09. The topological polar surface area (TPSA) is 0 Å². The third-order valence-electron chi connectivity index (χ3n) is 2.42. The van der Waals surface area contributed by atoms with Crippen molar-refractivity contribution in [3.63, 3.8) is 0 Å². The van der Waals surface area contributed by atoms with Crippen molar-refractivity contribution in [3.8, 4) is 12.3 Å². The molecular formula is C14H21B. The van der Waals surface area contributed by atoms with Crippen LogP contribution in [0.15, 0.2) is 35.5 Å². The fourth-order valence-electron chi connectivity index (χ4n) is 1.32. The molecular weight excluding hydrogens is 179 g/mol. The highest BCUT2D eigenvalue weighted by molar-refractivity contribution is 6.12. The first kappa shape index (κ1) is 13.8. The van der Waals surface area contributed by atoms with Gasteiger partial charge in [-0.2, -0.15) is 0 Å². The predicted octanol–water partition coefficient (Wildman–Crippen LogP) is 3.15. The third-order valence-corrected chi connectivity index (χ3v) is 2.42. The van der Waals surface area contributed by atoms with Crippen LogP contribution in [0.4, 0.5) is 0 Å². The van der Waals surface area contributed by atoms with Gasteiger partial charge in [0.1, 0.15) is 7.85 Å². The van der Waals surface area contributed by atoms with Gasteiger partial charge in [0.15, 0.2) is 0 Å². The maximum atomic E-state index is 5.57. The van der Waals surface area contributed by atoms with Gasteiger partial charge in [-0.05, 0) is 26.3 Å². The quantitative estimate of drug-likeness (QED) is 0.283. The number of hydrogen-bond acceptors (Lipinski definition) is 0. The van der Waals surface area contributed by atoms with Crippen LogP contribution in [0, 0.1) is 18.3 Å². The van der Waals surface area contributed by atoms with Crippen molar-refractivity contribution in [3.05, 3.63) is 35.5 Å². The van der Waals surface area contributed by atoms with E-state index in [9.17, 15) is 0 Å². The lowest BCUT2D eigenvalue weighted by molar-refractivity contribution is 0.945. The minimum Gasteiger partial charge on any atom is -0.119 e. The molecule has 2 unspecified atom stereocenters. The Labute approximate surface area is 95.6 Å². The van der Waals surface area contributed by atoms with E-state index in [2.05, 4.69) is 51.9 Å². The molecule has 15 heavy (non-hydrogen) atoms. The molecule has 1 heteroatoms. The van der Waals surface area contributed by atoms with Crippen LogP contribution in [0.25, 0.3) is 0 Å². The van der Waals surface area contributed by atoms with Crippen LogP contribution >= 0.6 is 0 Å². The third kappa shape index (κ3) is 4.74. The van der Waals surface area contributed by atoms with Crippen LogP contribution in [0.3, 0.4) is 0 Å². The Hall–Kier alpha value is -1.16. The summed E-state index contributed by atoms with van der Waals surface area (Å²) in [7, 11) is 2.16. The molecule has 0 amide bonds. The van der Waals surface area contributed by atoms with Gasteiger partial charge in [0.2, 0.25) is 0 Å². The van der Waals surface area contributed by atoms with Crippen molar-refractivity contribution in [2.45, 2.75) is 33.5 Å². The molecule has 0 bridgehead atoms. The van der Waals surface area contributed by atoms with Gasteiger partial charge >= 0.3 is 0 Å². The zero-order valence-electron chi connectivity index (χ0n) is 10.5. The summed E-state index contributed by atoms with van der Waals surface area (Å²) >= 11 is 0. The zero-order valence-corrected chi connectivity index (χ0v) is 10.5. The first-order valence-electron chi connectivity index (χ1n) is 5.50. The maximum absolute atomic E-state index is 5.57. The molecule has 2 atom stereocenters. The standard InChI is InChI=1S/C14H21B/c1-6-11(4)14(8-3)13(7-2)10-9-12(5)15/h3,6-7,9-10,12,14H,15H2,1-2,4-5H3/b10-9-,11-6-,13-7+. The van der Waals surface area contributed by atoms with Gasteiger partial charge in [-0.1, -0.05) is 48.5 Å². The molecule has 0 nitrogen and oxygen atoms in total. The predicted molar refractivity (Wildman–Crippen MR) is 72.6 cm³/mol. The number of allylic oxidation sites excluding steroid dienone is 6. The molecule has 0 rings (SSSR count). The SMILES string of the molecule is BC(C)/C=C\C(=C/C)C(C#C)/C(C)=C\C. The monoisotopic (exact) mass is 200 g/mol. The van der Waals surface area contributed by atoms with Gasteiger partial charge in [0, 0.05) is 0 Å². The Morgan fingerprint density at radius 3 is 2.27 bits per heavy atom. The van der Waals surface area contributed by atoms with Gasteiger partial charge < -0.3 is 0 Å². The van der Waals surface area contributed by atoms with Crippen LogP contribution < -0.4 is 0 Å². The normalized spacial score (nSPS) is 17.5. The summed E-state index contributed by atoms with van der Waals surface area (Å²) in [6.45, 7) is 8.31. The van der Waals surface area contributed by atoms with Crippen LogP contribution in [0.5, 0.6) is 0 Å². The second-order valence-electron chi connectivity index (χ2n) is 4.02. The average molecular weight is 200 g/mol. The van der Waals surface area contributed by atoms with Gasteiger partial charge in [-0.15, -0.1) is 6.42 Å². The fourth-order valence-corrected chi connectivity index (χ4v) is 1.32. The van der Waals surface area contributed by atoms with E-state index in [4.69, 9.17) is 6.42 Å². The number of hydrogen-bond donors (Lipinski definition) is 0. The van der Waals surface area contributed by atoms with Gasteiger partial charge in [0.25, 0.3) is 0 Å². The zero-order chi connectivity index (χ0) is 11.8. The Balaban J connectivity index is 4.90. The minimum atomic E-state index is 0.120. The molecule has 0 heterocycles. The molecule has 0 aliphatic carbocycles. The molecule has 0 aromatic carbocycles. The summed E-state index contributed by atoms with van der Waals surface area (Å²) < 4.78 is 0. The second kappa shape index (κ2) is 7.18. The van der Waals surface area contributed by atoms with E-state index in [-0.39, 0.29) is 5.92 Å². The molecule has 0 saturated carbocycles. The van der Waals surface area contributed by atoms with E-state index >= 15 is 0 Å². The summed E-state index contributed by atoms with van der Waals surface area (Å²) in [4.78, 5) is 0. The van der Waals surface area contributed by atoms with Gasteiger partial charge in [-0.25, -0.2) is 0 Å². The second-order valence-corrected chi connectivity index (χ2v) is 4.02. The van der Waals surface area contributed by atoms with E-state index < -0.39 is 0 Å². The Bertz CT molecular complexity index is 311. The molecule has 0 aliphatic heterocycles. The first-order valence-corrected chi connectivity index (χ1v) is 5.50. The smallest absolute Gasteiger partial charge is 0.109 e. The van der Waals surface area contributed by atoms with Crippen molar-refractivity contribution in [1.82, 2.24) is 0 Å². The Morgan fingerprint density at radius 2 is 1.93 bits per heavy atom. The van der Waals surface area contributed by atoms with Gasteiger partial charge in [0.05, 0.1) is 5.92 Å². The van der Waals surface area contributed by atoms with Crippen molar-refractivity contribution < 1.29 is 0 Å².